The smallest absolute Gasteiger partial charge is 0.132 e. The monoisotopic (exact) mass is 609 g/mol. The fourth-order valence-electron chi connectivity index (χ4n) is 8.48. The summed E-state index contributed by atoms with van der Waals surface area (Å²) in [4.78, 5) is 0. The molecule has 0 N–H and O–H groups in total. The van der Waals surface area contributed by atoms with Gasteiger partial charge >= 0.3 is 0 Å². The molecule has 48 heavy (non-hydrogen) atoms. The van der Waals surface area contributed by atoms with E-state index in [2.05, 4.69) is 152 Å². The van der Waals surface area contributed by atoms with Crippen molar-refractivity contribution in [2.45, 2.75) is 5.41 Å². The third-order valence-electron chi connectivity index (χ3n) is 10.4. The van der Waals surface area contributed by atoms with Gasteiger partial charge in [0.25, 0.3) is 0 Å². The van der Waals surface area contributed by atoms with Gasteiger partial charge in [0.2, 0.25) is 0 Å². The molecule has 10 rings (SSSR count). The molecule has 0 atom stereocenters. The molecule has 0 radical (unpaired) electrons. The number of rotatable bonds is 2. The van der Waals surface area contributed by atoms with Crippen molar-refractivity contribution < 1.29 is 4.74 Å². The van der Waals surface area contributed by atoms with Crippen LogP contribution in [0.1, 0.15) is 27.8 Å². The topological polar surface area (TPSA) is 33.0 Å². The summed E-state index contributed by atoms with van der Waals surface area (Å²) in [6, 6.07) is 60.7. The zero-order chi connectivity index (χ0) is 31.8. The van der Waals surface area contributed by atoms with E-state index in [4.69, 9.17) is 4.74 Å². The molecule has 0 saturated heterocycles. The predicted octanol–water partition coefficient (Wildman–Crippen LogP) is 11.7. The van der Waals surface area contributed by atoms with Crippen LogP contribution in [0.15, 0.2) is 164 Å². The van der Waals surface area contributed by atoms with Gasteiger partial charge in [-0.3, -0.25) is 0 Å². The minimum absolute atomic E-state index is 0.649. The Labute approximate surface area is 278 Å². The van der Waals surface area contributed by atoms with Crippen molar-refractivity contribution in [2.75, 3.05) is 0 Å². The zero-order valence-electron chi connectivity index (χ0n) is 25.9. The van der Waals surface area contributed by atoms with Crippen LogP contribution in [0.5, 0.6) is 11.5 Å². The molecule has 0 aromatic heterocycles. The van der Waals surface area contributed by atoms with E-state index in [0.29, 0.717) is 5.56 Å². The molecule has 0 amide bonds. The molecular weight excluding hydrogens is 583 g/mol. The summed E-state index contributed by atoms with van der Waals surface area (Å²) in [5.41, 5.74) is 11.7. The molecule has 2 heteroatoms. The SMILES string of the molecule is N#Cc1ccc2c(c1)C1(c3ccccc3Oc3ccccc31)c1cc(-c3c4ccccc4c(-c4ccccc4)c4ccccc34)ccc1-2. The van der Waals surface area contributed by atoms with E-state index in [1.54, 1.807) is 0 Å². The van der Waals surface area contributed by atoms with Crippen LogP contribution in [0.25, 0.3) is 54.9 Å². The molecular formula is C46H27NO. The minimum atomic E-state index is -0.658. The summed E-state index contributed by atoms with van der Waals surface area (Å²) in [5.74, 6) is 1.68. The van der Waals surface area contributed by atoms with Crippen LogP contribution in [0.3, 0.4) is 0 Å². The van der Waals surface area contributed by atoms with Crippen LogP contribution >= 0.6 is 0 Å². The maximum absolute atomic E-state index is 10.1. The van der Waals surface area contributed by atoms with Crippen LogP contribution in [-0.4, -0.2) is 0 Å². The average molecular weight is 610 g/mol. The lowest BCUT2D eigenvalue weighted by Gasteiger charge is -2.39. The van der Waals surface area contributed by atoms with E-state index in [-0.39, 0.29) is 0 Å². The Morgan fingerprint density at radius 2 is 0.896 bits per heavy atom. The van der Waals surface area contributed by atoms with Gasteiger partial charge in [0, 0.05) is 11.1 Å². The number of ether oxygens (including phenoxy) is 1. The largest absolute Gasteiger partial charge is 0.457 e. The first-order chi connectivity index (χ1) is 23.8. The van der Waals surface area contributed by atoms with Gasteiger partial charge in [-0.1, -0.05) is 133 Å². The van der Waals surface area contributed by atoms with E-state index in [9.17, 15) is 5.26 Å². The Balaban J connectivity index is 1.34. The van der Waals surface area contributed by atoms with Gasteiger partial charge in [0.05, 0.1) is 17.0 Å². The standard InChI is InChI=1S/C46H27NO/c47-28-29-22-24-32-33-25-23-31(27-41(33)46(40(32)26-29)38-18-8-10-20-42(38)48-43-21-11-9-19-39(43)46)45-36-16-6-4-14-34(36)44(30-12-2-1-3-13-30)35-15-5-7-17-37(35)45/h1-27H. The molecule has 1 aliphatic carbocycles. The molecule has 1 spiro atoms. The maximum Gasteiger partial charge on any atom is 0.132 e. The molecule has 1 aliphatic heterocycles. The van der Waals surface area contributed by atoms with Crippen LogP contribution in [0.2, 0.25) is 0 Å². The van der Waals surface area contributed by atoms with Gasteiger partial charge < -0.3 is 4.74 Å². The normalized spacial score (nSPS) is 13.3. The number of hydrogen-bond donors (Lipinski definition) is 0. The third-order valence-corrected chi connectivity index (χ3v) is 10.4. The molecule has 0 fully saturated rings. The highest BCUT2D eigenvalue weighted by Crippen LogP contribution is 2.62. The number of nitriles is 1. The second-order valence-electron chi connectivity index (χ2n) is 12.7. The van der Waals surface area contributed by atoms with Crippen molar-refractivity contribution >= 4 is 21.5 Å². The first kappa shape index (κ1) is 26.8. The van der Waals surface area contributed by atoms with Gasteiger partial charge in [0.1, 0.15) is 11.5 Å². The van der Waals surface area contributed by atoms with E-state index >= 15 is 0 Å². The highest BCUT2D eigenvalue weighted by atomic mass is 16.5. The Bertz CT molecular complexity index is 2560. The fourth-order valence-corrected chi connectivity index (χ4v) is 8.48. The number of para-hydroxylation sites is 2. The van der Waals surface area contributed by atoms with Crippen LogP contribution < -0.4 is 4.74 Å². The number of hydrogen-bond acceptors (Lipinski definition) is 2. The lowest BCUT2D eigenvalue weighted by molar-refractivity contribution is 0.436. The number of nitrogens with zero attached hydrogens (tertiary/aromatic N) is 1. The second-order valence-corrected chi connectivity index (χ2v) is 12.7. The molecule has 2 aliphatic rings. The number of fused-ring (bicyclic) bond motifs is 11. The molecule has 222 valence electrons. The van der Waals surface area contributed by atoms with Gasteiger partial charge in [-0.05, 0) is 96.4 Å². The maximum atomic E-state index is 10.1. The molecule has 0 saturated carbocycles. The summed E-state index contributed by atoms with van der Waals surface area (Å²) in [5, 5.41) is 15.0. The fraction of sp³-hybridized carbons (Fsp3) is 0.0217. The van der Waals surface area contributed by atoms with Crippen LogP contribution in [0, 0.1) is 11.3 Å². The van der Waals surface area contributed by atoms with Crippen molar-refractivity contribution in [3.8, 4) is 50.9 Å². The lowest BCUT2D eigenvalue weighted by Crippen LogP contribution is -2.32. The highest BCUT2D eigenvalue weighted by Gasteiger charge is 2.51. The predicted molar refractivity (Wildman–Crippen MR) is 194 cm³/mol. The average Bonchev–Trinajstić information content (AvgIpc) is 3.43. The Kier molecular flexibility index (Phi) is 5.59. The minimum Gasteiger partial charge on any atom is -0.457 e. The van der Waals surface area contributed by atoms with E-state index in [1.807, 2.05) is 18.2 Å². The second kappa shape index (κ2) is 10.0. The Morgan fingerprint density at radius 3 is 1.48 bits per heavy atom. The molecule has 0 bridgehead atoms. The molecule has 1 heterocycles. The van der Waals surface area contributed by atoms with Crippen LogP contribution in [-0.2, 0) is 5.41 Å². The van der Waals surface area contributed by atoms with E-state index < -0.39 is 5.41 Å². The molecule has 2 nitrogen and oxygen atoms in total. The third kappa shape index (κ3) is 3.51. The van der Waals surface area contributed by atoms with Crippen molar-refractivity contribution in [1.29, 1.82) is 5.26 Å². The Morgan fingerprint density at radius 1 is 0.417 bits per heavy atom. The van der Waals surface area contributed by atoms with Crippen molar-refractivity contribution in [3.63, 3.8) is 0 Å². The Hall–Kier alpha value is -6.43. The molecule has 8 aromatic carbocycles. The van der Waals surface area contributed by atoms with Crippen molar-refractivity contribution in [3.05, 3.63) is 192 Å². The van der Waals surface area contributed by atoms with Gasteiger partial charge in [-0.15, -0.1) is 0 Å². The van der Waals surface area contributed by atoms with E-state index in [1.165, 1.54) is 49.4 Å². The summed E-state index contributed by atoms with van der Waals surface area (Å²) < 4.78 is 6.57. The van der Waals surface area contributed by atoms with Gasteiger partial charge in [0.15, 0.2) is 0 Å². The summed E-state index contributed by atoms with van der Waals surface area (Å²) in [6.45, 7) is 0. The highest BCUT2D eigenvalue weighted by molar-refractivity contribution is 6.21. The summed E-state index contributed by atoms with van der Waals surface area (Å²) in [7, 11) is 0. The number of benzene rings is 8. The van der Waals surface area contributed by atoms with Gasteiger partial charge in [-0.25, -0.2) is 0 Å². The lowest BCUT2D eigenvalue weighted by atomic mass is 9.65. The van der Waals surface area contributed by atoms with Crippen molar-refractivity contribution in [2.24, 2.45) is 0 Å². The molecule has 8 aromatic rings. The summed E-state index contributed by atoms with van der Waals surface area (Å²) in [6.07, 6.45) is 0. The van der Waals surface area contributed by atoms with Gasteiger partial charge in [-0.2, -0.15) is 5.26 Å². The molecule has 0 unspecified atom stereocenters. The first-order valence-electron chi connectivity index (χ1n) is 16.3. The quantitative estimate of drug-likeness (QED) is 0.183. The van der Waals surface area contributed by atoms with Crippen molar-refractivity contribution in [1.82, 2.24) is 0 Å². The first-order valence-corrected chi connectivity index (χ1v) is 16.3. The van der Waals surface area contributed by atoms with E-state index in [0.717, 1.165) is 39.3 Å². The zero-order valence-corrected chi connectivity index (χ0v) is 25.9. The summed E-state index contributed by atoms with van der Waals surface area (Å²) >= 11 is 0. The van der Waals surface area contributed by atoms with Crippen LogP contribution in [0.4, 0.5) is 0 Å².